The number of benzene rings is 1. The number of ether oxygens (including phenoxy) is 1. The molecule has 0 bridgehead atoms. The zero-order valence-corrected chi connectivity index (χ0v) is 13.8. The van der Waals surface area contributed by atoms with Gasteiger partial charge in [-0.2, -0.15) is 4.31 Å². The highest BCUT2D eigenvalue weighted by molar-refractivity contribution is 7.89. The van der Waals surface area contributed by atoms with Gasteiger partial charge in [-0.1, -0.05) is 6.07 Å². The highest BCUT2D eigenvalue weighted by Crippen LogP contribution is 2.10. The zero-order chi connectivity index (χ0) is 16.2. The Morgan fingerprint density at radius 2 is 1.91 bits per heavy atom. The molecule has 0 radical (unpaired) electrons. The number of aryl methyl sites for hydroxylation is 2. The standard InChI is InChI=1S/C15H22N2O4S/c1-12-3-4-14(11-13(12)2)15(18)16-5-10-22(19,20)17-6-8-21-9-7-17/h3-4,11H,5-10H2,1-2H3,(H,16,18). The van der Waals surface area contributed by atoms with Crippen LogP contribution in [0.1, 0.15) is 21.5 Å². The lowest BCUT2D eigenvalue weighted by molar-refractivity contribution is 0.0730. The molecule has 7 heteroatoms. The molecule has 1 fully saturated rings. The Hall–Kier alpha value is -1.44. The highest BCUT2D eigenvalue weighted by Gasteiger charge is 2.24. The molecule has 122 valence electrons. The maximum absolute atomic E-state index is 12.1. The lowest BCUT2D eigenvalue weighted by atomic mass is 10.1. The summed E-state index contributed by atoms with van der Waals surface area (Å²) in [6.07, 6.45) is 0. The first-order valence-electron chi connectivity index (χ1n) is 7.31. The summed E-state index contributed by atoms with van der Waals surface area (Å²) < 4.78 is 30.8. The fraction of sp³-hybridized carbons (Fsp3) is 0.533. The molecule has 1 aliphatic heterocycles. The first-order chi connectivity index (χ1) is 10.4. The van der Waals surface area contributed by atoms with Crippen LogP contribution in [-0.4, -0.2) is 57.2 Å². The van der Waals surface area contributed by atoms with Crippen LogP contribution in [0.2, 0.25) is 0 Å². The number of carbonyl (C=O) groups excluding carboxylic acids is 1. The van der Waals surface area contributed by atoms with Crippen molar-refractivity contribution < 1.29 is 17.9 Å². The molecule has 1 aliphatic rings. The second-order valence-corrected chi connectivity index (χ2v) is 7.47. The van der Waals surface area contributed by atoms with Crippen molar-refractivity contribution in [2.75, 3.05) is 38.6 Å². The molecule has 2 rings (SSSR count). The van der Waals surface area contributed by atoms with Crippen molar-refractivity contribution in [3.63, 3.8) is 0 Å². The second kappa shape index (κ2) is 7.21. The van der Waals surface area contributed by atoms with Gasteiger partial charge >= 0.3 is 0 Å². The fourth-order valence-electron chi connectivity index (χ4n) is 2.23. The smallest absolute Gasteiger partial charge is 0.251 e. The van der Waals surface area contributed by atoms with E-state index >= 15 is 0 Å². The minimum atomic E-state index is -3.34. The summed E-state index contributed by atoms with van der Waals surface area (Å²) in [6, 6.07) is 5.43. The van der Waals surface area contributed by atoms with Crippen molar-refractivity contribution in [3.8, 4) is 0 Å². The summed E-state index contributed by atoms with van der Waals surface area (Å²) in [5, 5.41) is 2.66. The molecule has 1 aromatic rings. The molecule has 22 heavy (non-hydrogen) atoms. The monoisotopic (exact) mass is 326 g/mol. The Morgan fingerprint density at radius 3 is 2.55 bits per heavy atom. The molecule has 0 atom stereocenters. The van der Waals surface area contributed by atoms with E-state index < -0.39 is 10.0 Å². The van der Waals surface area contributed by atoms with Gasteiger partial charge in [-0.3, -0.25) is 4.79 Å². The maximum atomic E-state index is 12.1. The number of hydrogen-bond acceptors (Lipinski definition) is 4. The average molecular weight is 326 g/mol. The highest BCUT2D eigenvalue weighted by atomic mass is 32.2. The van der Waals surface area contributed by atoms with Gasteiger partial charge < -0.3 is 10.1 Å². The van der Waals surface area contributed by atoms with E-state index in [0.717, 1.165) is 11.1 Å². The number of nitrogens with zero attached hydrogens (tertiary/aromatic N) is 1. The predicted octanol–water partition coefficient (Wildman–Crippen LogP) is 0.695. The molecule has 1 N–H and O–H groups in total. The van der Waals surface area contributed by atoms with Crippen LogP contribution in [0, 0.1) is 13.8 Å². The quantitative estimate of drug-likeness (QED) is 0.864. The molecule has 0 saturated carbocycles. The van der Waals surface area contributed by atoms with E-state index in [1.54, 1.807) is 12.1 Å². The second-order valence-electron chi connectivity index (χ2n) is 5.38. The van der Waals surface area contributed by atoms with Crippen LogP contribution in [0.3, 0.4) is 0 Å². The predicted molar refractivity (Wildman–Crippen MR) is 84.4 cm³/mol. The van der Waals surface area contributed by atoms with Gasteiger partial charge in [0.15, 0.2) is 0 Å². The molecule has 1 heterocycles. The van der Waals surface area contributed by atoms with E-state index in [1.807, 2.05) is 19.9 Å². The minimum Gasteiger partial charge on any atom is -0.379 e. The molecule has 0 aromatic heterocycles. The number of hydrogen-bond donors (Lipinski definition) is 1. The third kappa shape index (κ3) is 4.28. The van der Waals surface area contributed by atoms with Gasteiger partial charge in [0.1, 0.15) is 0 Å². The van der Waals surface area contributed by atoms with E-state index in [0.29, 0.717) is 31.9 Å². The summed E-state index contributed by atoms with van der Waals surface area (Å²) in [5.74, 6) is -0.343. The number of sulfonamides is 1. The maximum Gasteiger partial charge on any atom is 0.251 e. The van der Waals surface area contributed by atoms with Crippen molar-refractivity contribution in [1.82, 2.24) is 9.62 Å². The molecule has 1 amide bonds. The molecule has 0 aliphatic carbocycles. The number of nitrogens with one attached hydrogen (secondary N) is 1. The van der Waals surface area contributed by atoms with Crippen LogP contribution in [0.15, 0.2) is 18.2 Å². The van der Waals surface area contributed by atoms with Gasteiger partial charge in [0, 0.05) is 25.2 Å². The van der Waals surface area contributed by atoms with E-state index in [9.17, 15) is 13.2 Å². The molecule has 6 nitrogen and oxygen atoms in total. The van der Waals surface area contributed by atoms with Gasteiger partial charge in [0.25, 0.3) is 5.91 Å². The van der Waals surface area contributed by atoms with Crippen molar-refractivity contribution in [1.29, 1.82) is 0 Å². The number of rotatable bonds is 5. The van der Waals surface area contributed by atoms with E-state index in [2.05, 4.69) is 5.32 Å². The van der Waals surface area contributed by atoms with E-state index in [-0.39, 0.29) is 18.2 Å². The van der Waals surface area contributed by atoms with Gasteiger partial charge in [0.2, 0.25) is 10.0 Å². The summed E-state index contributed by atoms with van der Waals surface area (Å²) in [6.45, 7) is 5.63. The Kier molecular flexibility index (Phi) is 5.55. The van der Waals surface area contributed by atoms with Crippen molar-refractivity contribution in [3.05, 3.63) is 34.9 Å². The minimum absolute atomic E-state index is 0.0937. The van der Waals surface area contributed by atoms with Crippen LogP contribution in [0.4, 0.5) is 0 Å². The number of morpholine rings is 1. The van der Waals surface area contributed by atoms with Crippen LogP contribution in [0.5, 0.6) is 0 Å². The first kappa shape index (κ1) is 16.9. The van der Waals surface area contributed by atoms with Crippen LogP contribution < -0.4 is 5.32 Å². The van der Waals surface area contributed by atoms with E-state index in [1.165, 1.54) is 4.31 Å². The molecular formula is C15H22N2O4S. The Balaban J connectivity index is 1.87. The number of amides is 1. The largest absolute Gasteiger partial charge is 0.379 e. The lowest BCUT2D eigenvalue weighted by Gasteiger charge is -2.26. The first-order valence-corrected chi connectivity index (χ1v) is 8.92. The Morgan fingerprint density at radius 1 is 1.23 bits per heavy atom. The molecule has 0 unspecified atom stereocenters. The topological polar surface area (TPSA) is 75.7 Å². The molecule has 1 saturated heterocycles. The zero-order valence-electron chi connectivity index (χ0n) is 13.0. The van der Waals surface area contributed by atoms with Crippen LogP contribution in [-0.2, 0) is 14.8 Å². The third-order valence-electron chi connectivity index (χ3n) is 3.78. The summed E-state index contributed by atoms with van der Waals surface area (Å²) in [7, 11) is -3.34. The van der Waals surface area contributed by atoms with Crippen molar-refractivity contribution in [2.24, 2.45) is 0 Å². The molecule has 0 spiro atoms. The molecular weight excluding hydrogens is 304 g/mol. The fourth-order valence-corrected chi connectivity index (χ4v) is 3.56. The van der Waals surface area contributed by atoms with Crippen molar-refractivity contribution >= 4 is 15.9 Å². The molecule has 1 aromatic carbocycles. The Labute approximate surface area is 131 Å². The average Bonchev–Trinajstić information content (AvgIpc) is 2.50. The van der Waals surface area contributed by atoms with Gasteiger partial charge in [0.05, 0.1) is 19.0 Å². The number of carbonyl (C=O) groups is 1. The third-order valence-corrected chi connectivity index (χ3v) is 5.65. The van der Waals surface area contributed by atoms with Gasteiger partial charge in [-0.15, -0.1) is 0 Å². The van der Waals surface area contributed by atoms with Gasteiger partial charge in [-0.25, -0.2) is 8.42 Å². The summed E-state index contributed by atoms with van der Waals surface area (Å²) >= 11 is 0. The van der Waals surface area contributed by atoms with Crippen LogP contribution in [0.25, 0.3) is 0 Å². The van der Waals surface area contributed by atoms with Gasteiger partial charge in [-0.05, 0) is 37.1 Å². The Bertz CT molecular complexity index is 637. The summed E-state index contributed by atoms with van der Waals surface area (Å²) in [5.41, 5.74) is 2.70. The lowest BCUT2D eigenvalue weighted by Crippen LogP contribution is -2.43. The van der Waals surface area contributed by atoms with Crippen LogP contribution >= 0.6 is 0 Å². The van der Waals surface area contributed by atoms with E-state index in [4.69, 9.17) is 4.74 Å². The normalized spacial score (nSPS) is 16.5. The van der Waals surface area contributed by atoms with Crippen molar-refractivity contribution in [2.45, 2.75) is 13.8 Å². The SMILES string of the molecule is Cc1ccc(C(=O)NCCS(=O)(=O)N2CCOCC2)cc1C. The summed E-state index contributed by atoms with van der Waals surface area (Å²) in [4.78, 5) is 12.0.